The first kappa shape index (κ1) is 8.53. The zero-order chi connectivity index (χ0) is 10.3. The van der Waals surface area contributed by atoms with Crippen LogP contribution in [-0.4, -0.2) is 9.78 Å². The van der Waals surface area contributed by atoms with E-state index in [1.54, 1.807) is 0 Å². The van der Waals surface area contributed by atoms with Crippen molar-refractivity contribution in [2.75, 3.05) is 5.73 Å². The van der Waals surface area contributed by atoms with Gasteiger partial charge in [-0.1, -0.05) is 6.07 Å². The van der Waals surface area contributed by atoms with Crippen molar-refractivity contribution >= 4 is 5.69 Å². The number of nitrogen functional groups attached to an aromatic ring is 1. The summed E-state index contributed by atoms with van der Waals surface area (Å²) in [6.45, 7) is 0. The molecule has 2 aromatic rings. The topological polar surface area (TPSA) is 43.8 Å². The summed E-state index contributed by atoms with van der Waals surface area (Å²) in [6.07, 6.45) is 5.52. The molecule has 0 aliphatic heterocycles. The lowest BCUT2D eigenvalue weighted by Gasteiger charge is -2.05. The third-order valence-corrected chi connectivity index (χ3v) is 2.93. The molecule has 0 saturated carbocycles. The Morgan fingerprint density at radius 2 is 2.20 bits per heavy atom. The second-order valence-corrected chi connectivity index (χ2v) is 3.98. The smallest absolute Gasteiger partial charge is 0.0669 e. The molecule has 0 amide bonds. The first-order valence-corrected chi connectivity index (χ1v) is 5.26. The van der Waals surface area contributed by atoms with Gasteiger partial charge in [0.05, 0.1) is 11.9 Å². The number of aromatic nitrogens is 2. The summed E-state index contributed by atoms with van der Waals surface area (Å²) in [6, 6.07) is 7.87. The highest BCUT2D eigenvalue weighted by molar-refractivity contribution is 5.48. The minimum atomic E-state index is 0.787. The Bertz CT molecular complexity index is 499. The van der Waals surface area contributed by atoms with Crippen molar-refractivity contribution < 1.29 is 0 Å². The minimum absolute atomic E-state index is 0.787. The largest absolute Gasteiger partial charge is 0.399 e. The van der Waals surface area contributed by atoms with Gasteiger partial charge >= 0.3 is 0 Å². The summed E-state index contributed by atoms with van der Waals surface area (Å²) in [5.41, 5.74) is 10.4. The van der Waals surface area contributed by atoms with Gasteiger partial charge in [0.15, 0.2) is 0 Å². The normalized spacial score (nSPS) is 14.1. The van der Waals surface area contributed by atoms with Crippen molar-refractivity contribution in [2.45, 2.75) is 19.3 Å². The zero-order valence-corrected chi connectivity index (χ0v) is 8.48. The maximum Gasteiger partial charge on any atom is 0.0669 e. The van der Waals surface area contributed by atoms with Gasteiger partial charge in [-0.25, -0.2) is 4.68 Å². The summed E-state index contributed by atoms with van der Waals surface area (Å²) < 4.78 is 2.01. The summed E-state index contributed by atoms with van der Waals surface area (Å²) in [4.78, 5) is 0. The van der Waals surface area contributed by atoms with E-state index in [4.69, 9.17) is 5.73 Å². The van der Waals surface area contributed by atoms with Crippen LogP contribution >= 0.6 is 0 Å². The first-order chi connectivity index (χ1) is 7.34. The molecule has 3 rings (SSSR count). The van der Waals surface area contributed by atoms with Crippen LogP contribution in [0.2, 0.25) is 0 Å². The zero-order valence-electron chi connectivity index (χ0n) is 8.48. The second-order valence-electron chi connectivity index (χ2n) is 3.98. The molecule has 1 heterocycles. The van der Waals surface area contributed by atoms with E-state index in [1.165, 1.54) is 17.7 Å². The third-order valence-electron chi connectivity index (χ3n) is 2.93. The number of nitrogens with zero attached hydrogens (tertiary/aromatic N) is 2. The van der Waals surface area contributed by atoms with Gasteiger partial charge in [-0.2, -0.15) is 5.10 Å². The Morgan fingerprint density at radius 3 is 3.07 bits per heavy atom. The SMILES string of the molecule is Nc1cccc(-n2ncc3c2CCC3)c1. The van der Waals surface area contributed by atoms with Crippen molar-refractivity contribution in [3.63, 3.8) is 0 Å². The molecule has 0 radical (unpaired) electrons. The molecule has 2 N–H and O–H groups in total. The van der Waals surface area contributed by atoms with E-state index >= 15 is 0 Å². The Hall–Kier alpha value is -1.77. The number of nitrogens with two attached hydrogens (primary N) is 1. The molecule has 1 aliphatic rings. The van der Waals surface area contributed by atoms with Crippen LogP contribution in [0.25, 0.3) is 5.69 Å². The molecule has 3 heteroatoms. The van der Waals surface area contributed by atoms with Crippen molar-refractivity contribution in [2.24, 2.45) is 0 Å². The monoisotopic (exact) mass is 199 g/mol. The average Bonchev–Trinajstić information content (AvgIpc) is 2.77. The van der Waals surface area contributed by atoms with Crippen molar-refractivity contribution in [3.8, 4) is 5.69 Å². The fourth-order valence-corrected chi connectivity index (χ4v) is 2.21. The molecule has 3 nitrogen and oxygen atoms in total. The molecule has 0 fully saturated rings. The molecule has 0 atom stereocenters. The summed E-state index contributed by atoms with van der Waals surface area (Å²) in [5, 5.41) is 4.41. The van der Waals surface area contributed by atoms with Gasteiger partial charge in [0, 0.05) is 11.4 Å². The maximum absolute atomic E-state index is 5.77. The molecule has 0 unspecified atom stereocenters. The van der Waals surface area contributed by atoms with Crippen LogP contribution in [0.15, 0.2) is 30.5 Å². The molecule has 1 aromatic heterocycles. The van der Waals surface area contributed by atoms with E-state index in [-0.39, 0.29) is 0 Å². The van der Waals surface area contributed by atoms with Gasteiger partial charge < -0.3 is 5.73 Å². The standard InChI is InChI=1S/C12H13N3/c13-10-4-2-5-11(7-10)15-12-6-1-3-9(12)8-14-15/h2,4-5,7-8H,1,3,6,13H2. The number of hydrogen-bond donors (Lipinski definition) is 1. The maximum atomic E-state index is 5.77. The lowest BCUT2D eigenvalue weighted by Crippen LogP contribution is -2.01. The molecule has 1 aromatic carbocycles. The number of rotatable bonds is 1. The van der Waals surface area contributed by atoms with Crippen molar-refractivity contribution in [1.82, 2.24) is 9.78 Å². The third kappa shape index (κ3) is 1.31. The van der Waals surface area contributed by atoms with E-state index < -0.39 is 0 Å². The van der Waals surface area contributed by atoms with Crippen LogP contribution in [-0.2, 0) is 12.8 Å². The highest BCUT2D eigenvalue weighted by atomic mass is 15.3. The molecule has 1 aliphatic carbocycles. The van der Waals surface area contributed by atoms with E-state index in [0.29, 0.717) is 0 Å². The van der Waals surface area contributed by atoms with Crippen LogP contribution in [0.1, 0.15) is 17.7 Å². The molecule has 0 saturated heterocycles. The summed E-state index contributed by atoms with van der Waals surface area (Å²) in [5.74, 6) is 0. The van der Waals surface area contributed by atoms with Gasteiger partial charge in [0.2, 0.25) is 0 Å². The van der Waals surface area contributed by atoms with Gasteiger partial charge in [-0.3, -0.25) is 0 Å². The Morgan fingerprint density at radius 1 is 1.27 bits per heavy atom. The number of fused-ring (bicyclic) bond motifs is 1. The Kier molecular flexibility index (Phi) is 1.78. The predicted molar refractivity (Wildman–Crippen MR) is 60.0 cm³/mol. The van der Waals surface area contributed by atoms with Crippen LogP contribution < -0.4 is 5.73 Å². The van der Waals surface area contributed by atoms with Crippen LogP contribution in [0, 0.1) is 0 Å². The lowest BCUT2D eigenvalue weighted by atomic mass is 10.2. The van der Waals surface area contributed by atoms with E-state index in [9.17, 15) is 0 Å². The molecule has 0 bridgehead atoms. The predicted octanol–water partition coefficient (Wildman–Crippen LogP) is 1.94. The van der Waals surface area contributed by atoms with Gasteiger partial charge in [-0.15, -0.1) is 0 Å². The minimum Gasteiger partial charge on any atom is -0.399 e. The average molecular weight is 199 g/mol. The molecular weight excluding hydrogens is 186 g/mol. The Balaban J connectivity index is 2.13. The van der Waals surface area contributed by atoms with E-state index in [2.05, 4.69) is 5.10 Å². The van der Waals surface area contributed by atoms with Crippen molar-refractivity contribution in [3.05, 3.63) is 41.7 Å². The highest BCUT2D eigenvalue weighted by Crippen LogP contribution is 2.24. The summed E-state index contributed by atoms with van der Waals surface area (Å²) >= 11 is 0. The summed E-state index contributed by atoms with van der Waals surface area (Å²) in [7, 11) is 0. The van der Waals surface area contributed by atoms with Gasteiger partial charge in [0.25, 0.3) is 0 Å². The number of anilines is 1. The number of aryl methyl sites for hydroxylation is 1. The van der Waals surface area contributed by atoms with Crippen LogP contribution in [0.4, 0.5) is 5.69 Å². The molecular formula is C12H13N3. The van der Waals surface area contributed by atoms with Crippen LogP contribution in [0.3, 0.4) is 0 Å². The highest BCUT2D eigenvalue weighted by Gasteiger charge is 2.17. The van der Waals surface area contributed by atoms with Gasteiger partial charge in [0.1, 0.15) is 0 Å². The molecule has 76 valence electrons. The quantitative estimate of drug-likeness (QED) is 0.713. The first-order valence-electron chi connectivity index (χ1n) is 5.26. The Labute approximate surface area is 88.5 Å². The van der Waals surface area contributed by atoms with Crippen molar-refractivity contribution in [1.29, 1.82) is 0 Å². The van der Waals surface area contributed by atoms with E-state index in [1.807, 2.05) is 35.1 Å². The fourth-order valence-electron chi connectivity index (χ4n) is 2.21. The fraction of sp³-hybridized carbons (Fsp3) is 0.250. The molecule has 15 heavy (non-hydrogen) atoms. The van der Waals surface area contributed by atoms with E-state index in [0.717, 1.165) is 24.2 Å². The van der Waals surface area contributed by atoms with Crippen LogP contribution in [0.5, 0.6) is 0 Å². The number of hydrogen-bond acceptors (Lipinski definition) is 2. The van der Waals surface area contributed by atoms with Gasteiger partial charge in [-0.05, 0) is 43.0 Å². The number of benzene rings is 1. The lowest BCUT2D eigenvalue weighted by molar-refractivity contribution is 0.785. The molecule has 0 spiro atoms. The second kappa shape index (κ2) is 3.12.